The molecule has 0 aliphatic heterocycles. The fraction of sp³-hybridized carbons (Fsp3) is 0.478. The second-order valence-electron chi connectivity index (χ2n) is 8.57. The van der Waals surface area contributed by atoms with E-state index < -0.39 is 5.91 Å². The number of aliphatic hydroxyl groups excluding tert-OH is 1. The first-order chi connectivity index (χ1) is 16.0. The van der Waals surface area contributed by atoms with Crippen molar-refractivity contribution in [2.75, 3.05) is 17.7 Å². The zero-order chi connectivity index (χ0) is 23.4. The van der Waals surface area contributed by atoms with E-state index in [0.29, 0.717) is 23.0 Å². The van der Waals surface area contributed by atoms with Crippen LogP contribution in [-0.4, -0.2) is 43.3 Å². The predicted octanol–water partition coefficient (Wildman–Crippen LogP) is 2.81. The Hall–Kier alpha value is -3.40. The number of carbonyl (C=O) groups is 1. The van der Waals surface area contributed by atoms with Crippen molar-refractivity contribution in [3.63, 3.8) is 0 Å². The SMILES string of the molecule is CNc1cc(Nc2cccn(C3CCCCC3)c2=O)nc2c(C(N)=O)cnn12.OC1CCC1. The summed E-state index contributed by atoms with van der Waals surface area (Å²) in [5.41, 5.74) is 6.32. The highest BCUT2D eigenvalue weighted by Crippen LogP contribution is 2.27. The number of amides is 1. The highest BCUT2D eigenvalue weighted by molar-refractivity contribution is 5.98. The summed E-state index contributed by atoms with van der Waals surface area (Å²) in [7, 11) is 1.74. The number of rotatable bonds is 5. The van der Waals surface area contributed by atoms with Gasteiger partial charge in [0.15, 0.2) is 5.65 Å². The summed E-state index contributed by atoms with van der Waals surface area (Å²) >= 11 is 0. The first-order valence-corrected chi connectivity index (χ1v) is 11.5. The highest BCUT2D eigenvalue weighted by Gasteiger charge is 2.19. The number of nitrogens with one attached hydrogen (secondary N) is 2. The molecule has 2 aliphatic carbocycles. The number of anilines is 3. The third kappa shape index (κ3) is 5.00. The third-order valence-corrected chi connectivity index (χ3v) is 6.27. The van der Waals surface area contributed by atoms with E-state index in [0.717, 1.165) is 38.5 Å². The maximum Gasteiger partial charge on any atom is 0.274 e. The molecule has 0 spiro atoms. The van der Waals surface area contributed by atoms with Crippen LogP contribution in [0.15, 0.2) is 35.4 Å². The summed E-state index contributed by atoms with van der Waals surface area (Å²) in [5.74, 6) is 0.433. The van der Waals surface area contributed by atoms with Gasteiger partial charge in [-0.15, -0.1) is 0 Å². The van der Waals surface area contributed by atoms with Gasteiger partial charge in [0.1, 0.15) is 22.9 Å². The molecule has 5 rings (SSSR count). The molecule has 3 aromatic heterocycles. The van der Waals surface area contributed by atoms with E-state index in [1.165, 1.54) is 23.6 Å². The molecule has 0 bridgehead atoms. The molecule has 0 atom stereocenters. The van der Waals surface area contributed by atoms with E-state index in [1.807, 2.05) is 16.8 Å². The molecule has 0 aromatic carbocycles. The zero-order valence-electron chi connectivity index (χ0n) is 18.8. The Morgan fingerprint density at radius 1 is 1.18 bits per heavy atom. The van der Waals surface area contributed by atoms with Crippen LogP contribution in [0.1, 0.15) is 67.8 Å². The van der Waals surface area contributed by atoms with Gasteiger partial charge in [0, 0.05) is 25.4 Å². The molecule has 10 heteroatoms. The number of hydrogen-bond donors (Lipinski definition) is 4. The second-order valence-corrected chi connectivity index (χ2v) is 8.57. The van der Waals surface area contributed by atoms with Gasteiger partial charge in [0.2, 0.25) is 0 Å². The summed E-state index contributed by atoms with van der Waals surface area (Å²) in [4.78, 5) is 29.1. The highest BCUT2D eigenvalue weighted by atomic mass is 16.3. The summed E-state index contributed by atoms with van der Waals surface area (Å²) in [5, 5.41) is 18.7. The van der Waals surface area contributed by atoms with Crippen molar-refractivity contribution in [3.8, 4) is 0 Å². The molecule has 0 saturated heterocycles. The minimum absolute atomic E-state index is 0.0648. The molecule has 176 valence electrons. The second kappa shape index (κ2) is 10.0. The van der Waals surface area contributed by atoms with Crippen LogP contribution in [0.4, 0.5) is 17.3 Å². The molecular weight excluding hydrogens is 422 g/mol. The van der Waals surface area contributed by atoms with Crippen LogP contribution in [0.2, 0.25) is 0 Å². The normalized spacial score (nSPS) is 16.5. The largest absolute Gasteiger partial charge is 0.393 e. The Kier molecular flexibility index (Phi) is 6.93. The van der Waals surface area contributed by atoms with Crippen molar-refractivity contribution in [2.24, 2.45) is 5.73 Å². The lowest BCUT2D eigenvalue weighted by Crippen LogP contribution is -2.27. The van der Waals surface area contributed by atoms with E-state index in [-0.39, 0.29) is 23.3 Å². The lowest BCUT2D eigenvalue weighted by Gasteiger charge is -2.24. The molecule has 2 saturated carbocycles. The Balaban J connectivity index is 0.000000459. The summed E-state index contributed by atoms with van der Waals surface area (Å²) in [6.45, 7) is 0. The van der Waals surface area contributed by atoms with E-state index in [9.17, 15) is 9.59 Å². The van der Waals surface area contributed by atoms with E-state index >= 15 is 0 Å². The molecular formula is C23H31N7O3. The minimum atomic E-state index is -0.610. The van der Waals surface area contributed by atoms with Crippen LogP contribution < -0.4 is 21.9 Å². The van der Waals surface area contributed by atoms with Gasteiger partial charge in [0.05, 0.1) is 12.3 Å². The maximum absolute atomic E-state index is 13.0. The van der Waals surface area contributed by atoms with Crippen molar-refractivity contribution in [1.29, 1.82) is 0 Å². The molecule has 3 heterocycles. The number of aromatic nitrogens is 4. The minimum Gasteiger partial charge on any atom is -0.393 e. The zero-order valence-corrected chi connectivity index (χ0v) is 18.8. The Bertz CT molecular complexity index is 1180. The molecule has 2 aliphatic rings. The number of aliphatic hydroxyl groups is 1. The van der Waals surface area contributed by atoms with Gasteiger partial charge in [-0.2, -0.15) is 9.61 Å². The molecule has 10 nitrogen and oxygen atoms in total. The smallest absolute Gasteiger partial charge is 0.274 e. The first kappa shape index (κ1) is 22.8. The van der Waals surface area contributed by atoms with Crippen LogP contribution >= 0.6 is 0 Å². The fourth-order valence-corrected chi connectivity index (χ4v) is 4.16. The lowest BCUT2D eigenvalue weighted by molar-refractivity contribution is 0.0949. The Morgan fingerprint density at radius 3 is 2.52 bits per heavy atom. The molecule has 0 radical (unpaired) electrons. The van der Waals surface area contributed by atoms with Crippen LogP contribution in [0.5, 0.6) is 0 Å². The number of primary amides is 1. The fourth-order valence-electron chi connectivity index (χ4n) is 4.16. The topological polar surface area (TPSA) is 140 Å². The van der Waals surface area contributed by atoms with Gasteiger partial charge in [-0.3, -0.25) is 9.59 Å². The van der Waals surface area contributed by atoms with E-state index in [1.54, 1.807) is 19.2 Å². The van der Waals surface area contributed by atoms with Crippen LogP contribution in [0, 0.1) is 0 Å². The van der Waals surface area contributed by atoms with Crippen molar-refractivity contribution in [1.82, 2.24) is 19.2 Å². The molecule has 5 N–H and O–H groups in total. The Morgan fingerprint density at radius 2 is 1.91 bits per heavy atom. The quantitative estimate of drug-likeness (QED) is 0.466. The predicted molar refractivity (Wildman–Crippen MR) is 127 cm³/mol. The van der Waals surface area contributed by atoms with Crippen molar-refractivity contribution in [2.45, 2.75) is 63.5 Å². The summed E-state index contributed by atoms with van der Waals surface area (Å²) in [6, 6.07) is 5.56. The van der Waals surface area contributed by atoms with Crippen molar-refractivity contribution in [3.05, 3.63) is 46.5 Å². The summed E-state index contributed by atoms with van der Waals surface area (Å²) < 4.78 is 3.31. The van der Waals surface area contributed by atoms with Crippen LogP contribution in [0.25, 0.3) is 5.65 Å². The van der Waals surface area contributed by atoms with Gasteiger partial charge in [0.25, 0.3) is 11.5 Å². The Labute approximate surface area is 191 Å². The number of nitrogens with two attached hydrogens (primary N) is 1. The number of pyridine rings is 1. The first-order valence-electron chi connectivity index (χ1n) is 11.5. The maximum atomic E-state index is 13.0. The van der Waals surface area contributed by atoms with E-state index in [2.05, 4.69) is 20.7 Å². The number of carbonyl (C=O) groups excluding carboxylic acids is 1. The third-order valence-electron chi connectivity index (χ3n) is 6.27. The van der Waals surface area contributed by atoms with Gasteiger partial charge < -0.3 is 26.0 Å². The van der Waals surface area contributed by atoms with Gasteiger partial charge in [-0.05, 0) is 44.2 Å². The van der Waals surface area contributed by atoms with Gasteiger partial charge >= 0.3 is 0 Å². The monoisotopic (exact) mass is 453 g/mol. The van der Waals surface area contributed by atoms with Crippen LogP contribution in [0.3, 0.4) is 0 Å². The number of fused-ring (bicyclic) bond motifs is 1. The average molecular weight is 454 g/mol. The van der Waals surface area contributed by atoms with Gasteiger partial charge in [-0.1, -0.05) is 19.3 Å². The van der Waals surface area contributed by atoms with Crippen molar-refractivity contribution >= 4 is 28.9 Å². The summed E-state index contributed by atoms with van der Waals surface area (Å²) in [6.07, 6.45) is 12.2. The standard InChI is InChI=1S/C19H23N7O2.C4H8O/c1-21-16-10-15(24-18-13(17(20)27)11-22-26(16)18)23-14-8-5-9-25(19(14)28)12-6-3-2-4-7-12;5-4-2-1-3-4/h5,8-12,21H,2-4,6-7H2,1H3,(H2,20,27)(H,23,24);4-5H,1-3H2. The number of hydrogen-bond acceptors (Lipinski definition) is 7. The molecule has 2 fully saturated rings. The average Bonchev–Trinajstić information content (AvgIpc) is 3.24. The van der Waals surface area contributed by atoms with Crippen LogP contribution in [-0.2, 0) is 0 Å². The molecule has 33 heavy (non-hydrogen) atoms. The van der Waals surface area contributed by atoms with Gasteiger partial charge in [-0.25, -0.2) is 4.98 Å². The van der Waals surface area contributed by atoms with E-state index in [4.69, 9.17) is 10.8 Å². The molecule has 3 aromatic rings. The van der Waals surface area contributed by atoms with Crippen molar-refractivity contribution < 1.29 is 9.90 Å². The number of nitrogens with zero attached hydrogens (tertiary/aromatic N) is 4. The molecule has 0 unspecified atom stereocenters. The molecule has 1 amide bonds. The lowest BCUT2D eigenvalue weighted by atomic mass is 9.95.